The summed E-state index contributed by atoms with van der Waals surface area (Å²) in [6.07, 6.45) is 12.1. The summed E-state index contributed by atoms with van der Waals surface area (Å²) >= 11 is 0. The quantitative estimate of drug-likeness (QED) is 0.461. The van der Waals surface area contributed by atoms with Gasteiger partial charge in [0.15, 0.2) is 0 Å². The largest absolute Gasteiger partial charge is 0.390 e. The third-order valence-electron chi connectivity index (χ3n) is 4.16. The normalized spacial score (nSPS) is 24.5. The molecule has 1 aliphatic rings. The SMILES string of the molecule is CCCCCCCCCC[C@@H]1O[C@H]1C(O)C(C)(C)C. The Kier molecular flexibility index (Phi) is 7.38. The van der Waals surface area contributed by atoms with Crippen LogP contribution in [0.15, 0.2) is 0 Å². The lowest BCUT2D eigenvalue weighted by Crippen LogP contribution is -2.32. The molecule has 1 N–H and O–H groups in total. The van der Waals surface area contributed by atoms with Crippen LogP contribution >= 0.6 is 0 Å². The van der Waals surface area contributed by atoms with Crippen molar-refractivity contribution in [1.82, 2.24) is 0 Å². The summed E-state index contributed by atoms with van der Waals surface area (Å²) in [5.41, 5.74) is -0.0569. The van der Waals surface area contributed by atoms with E-state index in [4.69, 9.17) is 4.74 Å². The van der Waals surface area contributed by atoms with E-state index in [0.717, 1.165) is 6.42 Å². The van der Waals surface area contributed by atoms with Crippen molar-refractivity contribution in [3.8, 4) is 0 Å². The molecular formula is C17H34O2. The van der Waals surface area contributed by atoms with Gasteiger partial charge in [0.05, 0.1) is 12.2 Å². The number of unbranched alkanes of at least 4 members (excludes halogenated alkanes) is 7. The number of aliphatic hydroxyl groups excluding tert-OH is 1. The van der Waals surface area contributed by atoms with Gasteiger partial charge in [0.2, 0.25) is 0 Å². The molecule has 0 spiro atoms. The Hall–Kier alpha value is -0.0800. The molecule has 0 aliphatic carbocycles. The zero-order chi connectivity index (χ0) is 14.3. The van der Waals surface area contributed by atoms with E-state index in [1.807, 2.05) is 0 Å². The van der Waals surface area contributed by atoms with E-state index in [9.17, 15) is 5.11 Å². The molecule has 1 saturated heterocycles. The van der Waals surface area contributed by atoms with Crippen molar-refractivity contribution >= 4 is 0 Å². The summed E-state index contributed by atoms with van der Waals surface area (Å²) in [6.45, 7) is 8.49. The molecule has 114 valence electrons. The highest BCUT2D eigenvalue weighted by Gasteiger charge is 2.47. The fourth-order valence-electron chi connectivity index (χ4n) is 2.64. The van der Waals surface area contributed by atoms with E-state index in [-0.39, 0.29) is 17.6 Å². The third-order valence-corrected chi connectivity index (χ3v) is 4.16. The van der Waals surface area contributed by atoms with Crippen LogP contribution in [-0.2, 0) is 4.74 Å². The first-order valence-corrected chi connectivity index (χ1v) is 8.30. The van der Waals surface area contributed by atoms with Crippen LogP contribution in [0, 0.1) is 5.41 Å². The summed E-state index contributed by atoms with van der Waals surface area (Å²) in [5, 5.41) is 10.1. The van der Waals surface area contributed by atoms with Gasteiger partial charge in [-0.05, 0) is 11.8 Å². The van der Waals surface area contributed by atoms with Gasteiger partial charge in [-0.25, -0.2) is 0 Å². The van der Waals surface area contributed by atoms with Gasteiger partial charge < -0.3 is 9.84 Å². The molecule has 3 atom stereocenters. The first kappa shape index (κ1) is 17.0. The molecule has 1 aliphatic heterocycles. The van der Waals surface area contributed by atoms with E-state index in [2.05, 4.69) is 27.7 Å². The number of hydrogen-bond acceptors (Lipinski definition) is 2. The number of epoxide rings is 1. The fourth-order valence-corrected chi connectivity index (χ4v) is 2.64. The van der Waals surface area contributed by atoms with E-state index < -0.39 is 0 Å². The second kappa shape index (κ2) is 8.26. The molecule has 0 saturated carbocycles. The van der Waals surface area contributed by atoms with Crippen molar-refractivity contribution in [2.24, 2.45) is 5.41 Å². The second-order valence-electron chi connectivity index (χ2n) is 7.21. The van der Waals surface area contributed by atoms with E-state index in [0.29, 0.717) is 6.10 Å². The molecule has 2 heteroatoms. The smallest absolute Gasteiger partial charge is 0.110 e. The summed E-state index contributed by atoms with van der Waals surface area (Å²) in [5.74, 6) is 0. The Labute approximate surface area is 119 Å². The zero-order valence-corrected chi connectivity index (χ0v) is 13.5. The van der Waals surface area contributed by atoms with Crippen molar-refractivity contribution < 1.29 is 9.84 Å². The molecular weight excluding hydrogens is 236 g/mol. The van der Waals surface area contributed by atoms with Crippen LogP contribution in [0.4, 0.5) is 0 Å². The number of hydrogen-bond donors (Lipinski definition) is 1. The summed E-state index contributed by atoms with van der Waals surface area (Å²) < 4.78 is 5.61. The predicted octanol–water partition coefficient (Wildman–Crippen LogP) is 4.69. The van der Waals surface area contributed by atoms with Crippen molar-refractivity contribution in [2.45, 2.75) is 104 Å². The first-order valence-electron chi connectivity index (χ1n) is 8.30. The van der Waals surface area contributed by atoms with Crippen LogP contribution in [0.1, 0.15) is 85.5 Å². The molecule has 0 aromatic heterocycles. The van der Waals surface area contributed by atoms with Crippen molar-refractivity contribution in [1.29, 1.82) is 0 Å². The standard InChI is InChI=1S/C17H34O2/c1-5-6-7-8-9-10-11-12-13-14-15(19-14)16(18)17(2,3)4/h14-16,18H,5-13H2,1-4H3/t14-,15+,16?/m0/s1. The topological polar surface area (TPSA) is 32.8 Å². The van der Waals surface area contributed by atoms with Crippen LogP contribution in [-0.4, -0.2) is 23.4 Å². The Bertz CT molecular complexity index is 232. The highest BCUT2D eigenvalue weighted by molar-refractivity contribution is 4.95. The van der Waals surface area contributed by atoms with Gasteiger partial charge in [-0.1, -0.05) is 79.1 Å². The monoisotopic (exact) mass is 270 g/mol. The van der Waals surface area contributed by atoms with Crippen LogP contribution in [0.25, 0.3) is 0 Å². The average molecular weight is 270 g/mol. The minimum Gasteiger partial charge on any atom is -0.390 e. The lowest BCUT2D eigenvalue weighted by Gasteiger charge is -2.24. The van der Waals surface area contributed by atoms with Gasteiger partial charge in [-0.3, -0.25) is 0 Å². The highest BCUT2D eigenvalue weighted by Crippen LogP contribution is 2.37. The van der Waals surface area contributed by atoms with Crippen molar-refractivity contribution in [3.05, 3.63) is 0 Å². The van der Waals surface area contributed by atoms with Crippen LogP contribution < -0.4 is 0 Å². The molecule has 0 amide bonds. The van der Waals surface area contributed by atoms with Gasteiger partial charge in [0, 0.05) is 0 Å². The third kappa shape index (κ3) is 6.76. The highest BCUT2D eigenvalue weighted by atomic mass is 16.6. The fraction of sp³-hybridized carbons (Fsp3) is 1.00. The molecule has 0 bridgehead atoms. The maximum atomic E-state index is 10.1. The molecule has 0 radical (unpaired) electrons. The predicted molar refractivity (Wildman–Crippen MR) is 81.3 cm³/mol. The summed E-state index contributed by atoms with van der Waals surface area (Å²) in [7, 11) is 0. The molecule has 19 heavy (non-hydrogen) atoms. The minimum absolute atomic E-state index is 0.0569. The maximum Gasteiger partial charge on any atom is 0.110 e. The molecule has 1 fully saturated rings. The van der Waals surface area contributed by atoms with Gasteiger partial charge >= 0.3 is 0 Å². The Morgan fingerprint density at radius 1 is 0.947 bits per heavy atom. The molecule has 0 aromatic carbocycles. The van der Waals surface area contributed by atoms with Crippen molar-refractivity contribution in [3.63, 3.8) is 0 Å². The van der Waals surface area contributed by atoms with E-state index in [1.165, 1.54) is 51.4 Å². The van der Waals surface area contributed by atoms with Gasteiger partial charge in [0.25, 0.3) is 0 Å². The van der Waals surface area contributed by atoms with Gasteiger partial charge in [-0.15, -0.1) is 0 Å². The lowest BCUT2D eigenvalue weighted by atomic mass is 9.86. The average Bonchev–Trinajstić information content (AvgIpc) is 3.10. The Morgan fingerprint density at radius 3 is 2.00 bits per heavy atom. The Morgan fingerprint density at radius 2 is 1.47 bits per heavy atom. The number of aliphatic hydroxyl groups is 1. The van der Waals surface area contributed by atoms with E-state index in [1.54, 1.807) is 0 Å². The molecule has 0 aromatic rings. The summed E-state index contributed by atoms with van der Waals surface area (Å²) in [6, 6.07) is 0. The first-order chi connectivity index (χ1) is 8.96. The van der Waals surface area contributed by atoms with Gasteiger partial charge in [-0.2, -0.15) is 0 Å². The zero-order valence-electron chi connectivity index (χ0n) is 13.5. The van der Waals surface area contributed by atoms with Crippen LogP contribution in [0.3, 0.4) is 0 Å². The number of ether oxygens (including phenoxy) is 1. The molecule has 1 rings (SSSR count). The van der Waals surface area contributed by atoms with Crippen molar-refractivity contribution in [2.75, 3.05) is 0 Å². The molecule has 1 heterocycles. The second-order valence-corrected chi connectivity index (χ2v) is 7.21. The van der Waals surface area contributed by atoms with E-state index >= 15 is 0 Å². The van der Waals surface area contributed by atoms with Gasteiger partial charge in [0.1, 0.15) is 6.10 Å². The summed E-state index contributed by atoms with van der Waals surface area (Å²) in [4.78, 5) is 0. The number of rotatable bonds is 10. The maximum absolute atomic E-state index is 10.1. The molecule has 2 nitrogen and oxygen atoms in total. The lowest BCUT2D eigenvalue weighted by molar-refractivity contribution is 0.0378. The van der Waals surface area contributed by atoms with Crippen LogP contribution in [0.2, 0.25) is 0 Å². The molecule has 1 unspecified atom stereocenters. The minimum atomic E-state index is -0.313. The Balaban J connectivity index is 1.92. The van der Waals surface area contributed by atoms with Crippen LogP contribution in [0.5, 0.6) is 0 Å².